The highest BCUT2D eigenvalue weighted by Crippen LogP contribution is 2.16. The van der Waals surface area contributed by atoms with Crippen LogP contribution in [0.2, 0.25) is 0 Å². The van der Waals surface area contributed by atoms with Crippen molar-refractivity contribution in [1.29, 1.82) is 0 Å². The summed E-state index contributed by atoms with van der Waals surface area (Å²) >= 11 is 8.70. The van der Waals surface area contributed by atoms with Crippen LogP contribution in [0.4, 0.5) is 0 Å². The lowest BCUT2D eigenvalue weighted by Crippen LogP contribution is -2.07. The third-order valence-corrected chi connectivity index (χ3v) is 3.33. The van der Waals surface area contributed by atoms with Crippen LogP contribution in [0.1, 0.15) is 31.3 Å². The number of hydrogen-bond donors (Lipinski definition) is 1. The van der Waals surface area contributed by atoms with Crippen molar-refractivity contribution in [2.24, 2.45) is 0 Å². The minimum absolute atomic E-state index is 0.323. The van der Waals surface area contributed by atoms with Gasteiger partial charge < -0.3 is 4.57 Å². The molecule has 1 aromatic heterocycles. The van der Waals surface area contributed by atoms with Crippen LogP contribution in [0.25, 0.3) is 0 Å². The minimum atomic E-state index is 0.323. The molecule has 0 aliphatic heterocycles. The maximum absolute atomic E-state index is 5.23. The number of nitrogens with one attached hydrogen (secondary N) is 1. The minimum Gasteiger partial charge on any atom is -0.301 e. The van der Waals surface area contributed by atoms with Crippen LogP contribution in [-0.4, -0.2) is 14.8 Å². The molecule has 0 saturated heterocycles. The first-order valence-corrected chi connectivity index (χ1v) is 6.68. The fourth-order valence-electron chi connectivity index (χ4n) is 1.82. The van der Waals surface area contributed by atoms with Crippen molar-refractivity contribution in [3.05, 3.63) is 44.9 Å². The van der Waals surface area contributed by atoms with Gasteiger partial charge in [-0.1, -0.05) is 28.1 Å². The predicted octanol–water partition coefficient (Wildman–Crippen LogP) is 3.87. The van der Waals surface area contributed by atoms with Gasteiger partial charge in [-0.05, 0) is 43.8 Å². The van der Waals surface area contributed by atoms with Crippen LogP contribution in [-0.2, 0) is 6.42 Å². The van der Waals surface area contributed by atoms with Crippen molar-refractivity contribution >= 4 is 28.1 Å². The van der Waals surface area contributed by atoms with Crippen molar-refractivity contribution in [2.45, 2.75) is 26.3 Å². The molecule has 0 radical (unpaired) electrons. The monoisotopic (exact) mass is 311 g/mol. The zero-order valence-electron chi connectivity index (χ0n) is 9.77. The number of nitrogens with zero attached hydrogens (tertiary/aromatic N) is 2. The van der Waals surface area contributed by atoms with E-state index in [-0.39, 0.29) is 0 Å². The van der Waals surface area contributed by atoms with Gasteiger partial charge in [0.2, 0.25) is 0 Å². The van der Waals surface area contributed by atoms with Crippen molar-refractivity contribution in [3.8, 4) is 0 Å². The molecule has 1 N–H and O–H groups in total. The molecule has 0 atom stereocenters. The lowest BCUT2D eigenvalue weighted by atomic mass is 10.1. The molecule has 3 nitrogen and oxygen atoms in total. The Kier molecular flexibility index (Phi) is 3.79. The second-order valence-corrected chi connectivity index (χ2v) is 5.52. The van der Waals surface area contributed by atoms with Crippen LogP contribution in [0.15, 0.2) is 28.7 Å². The largest absolute Gasteiger partial charge is 0.301 e. The average Bonchev–Trinajstić information content (AvgIpc) is 2.59. The van der Waals surface area contributed by atoms with Crippen LogP contribution in [0, 0.1) is 4.77 Å². The third-order valence-electron chi connectivity index (χ3n) is 2.55. The average molecular weight is 312 g/mol. The number of hydrogen-bond acceptors (Lipinski definition) is 2. The van der Waals surface area contributed by atoms with Gasteiger partial charge in [-0.3, -0.25) is 5.10 Å². The molecule has 0 fully saturated rings. The van der Waals surface area contributed by atoms with Gasteiger partial charge in [0.25, 0.3) is 0 Å². The smallest absolute Gasteiger partial charge is 0.195 e. The van der Waals surface area contributed by atoms with E-state index in [0.29, 0.717) is 10.8 Å². The summed E-state index contributed by atoms with van der Waals surface area (Å²) < 4.78 is 3.82. The quantitative estimate of drug-likeness (QED) is 0.873. The molecule has 0 bridgehead atoms. The van der Waals surface area contributed by atoms with E-state index in [9.17, 15) is 0 Å². The van der Waals surface area contributed by atoms with Gasteiger partial charge in [0.15, 0.2) is 4.77 Å². The molecular formula is C12H14BrN3S. The van der Waals surface area contributed by atoms with Gasteiger partial charge in [-0.2, -0.15) is 5.10 Å². The third kappa shape index (κ3) is 2.84. The molecule has 0 amide bonds. The molecular weight excluding hydrogens is 298 g/mol. The number of halogens is 1. The summed E-state index contributed by atoms with van der Waals surface area (Å²) in [6, 6.07) is 8.56. The van der Waals surface area contributed by atoms with E-state index in [1.165, 1.54) is 5.56 Å². The summed E-state index contributed by atoms with van der Waals surface area (Å²) in [7, 11) is 0. The van der Waals surface area contributed by atoms with E-state index in [1.54, 1.807) is 0 Å². The van der Waals surface area contributed by atoms with Gasteiger partial charge in [-0.15, -0.1) is 0 Å². The van der Waals surface area contributed by atoms with Gasteiger partial charge >= 0.3 is 0 Å². The lowest BCUT2D eigenvalue weighted by molar-refractivity contribution is 0.567. The Bertz CT molecular complexity index is 571. The maximum Gasteiger partial charge on any atom is 0.195 e. The van der Waals surface area contributed by atoms with E-state index in [2.05, 4.69) is 56.7 Å². The molecule has 1 heterocycles. The standard InChI is InChI=1S/C12H14BrN3S/c1-8(2)16-11(14-15-12(16)17)7-9-4-3-5-10(13)6-9/h3-6,8H,7H2,1-2H3,(H,15,17). The fourth-order valence-corrected chi connectivity index (χ4v) is 2.63. The summed E-state index contributed by atoms with van der Waals surface area (Å²) in [6.07, 6.45) is 0.782. The highest BCUT2D eigenvalue weighted by atomic mass is 79.9. The molecule has 1 aromatic carbocycles. The molecule has 0 aliphatic carbocycles. The van der Waals surface area contributed by atoms with Gasteiger partial charge in [-0.25, -0.2) is 0 Å². The summed E-state index contributed by atoms with van der Waals surface area (Å²) in [5.41, 5.74) is 1.22. The maximum atomic E-state index is 5.23. The molecule has 2 rings (SSSR count). The molecule has 0 spiro atoms. The summed E-state index contributed by atoms with van der Waals surface area (Å²) in [5, 5.41) is 7.15. The Morgan fingerprint density at radius 1 is 1.47 bits per heavy atom. The molecule has 0 aliphatic rings. The zero-order chi connectivity index (χ0) is 12.4. The topological polar surface area (TPSA) is 33.6 Å². The first-order chi connectivity index (χ1) is 8.08. The van der Waals surface area contributed by atoms with Gasteiger partial charge in [0.1, 0.15) is 5.82 Å². The van der Waals surface area contributed by atoms with Crippen molar-refractivity contribution in [2.75, 3.05) is 0 Å². The SMILES string of the molecule is CC(C)n1c(Cc2cccc(Br)c2)n[nH]c1=S. The zero-order valence-corrected chi connectivity index (χ0v) is 12.2. The normalized spacial score (nSPS) is 11.1. The second kappa shape index (κ2) is 5.14. The van der Waals surface area contributed by atoms with E-state index < -0.39 is 0 Å². The Hall–Kier alpha value is -0.940. The first kappa shape index (κ1) is 12.5. The van der Waals surface area contributed by atoms with Crippen LogP contribution in [0.5, 0.6) is 0 Å². The van der Waals surface area contributed by atoms with Gasteiger partial charge in [0.05, 0.1) is 0 Å². The van der Waals surface area contributed by atoms with E-state index in [1.807, 2.05) is 12.1 Å². The Labute approximate surface area is 114 Å². The molecule has 17 heavy (non-hydrogen) atoms. The van der Waals surface area contributed by atoms with Crippen molar-refractivity contribution < 1.29 is 0 Å². The lowest BCUT2D eigenvalue weighted by Gasteiger charge is -2.10. The van der Waals surface area contributed by atoms with Crippen LogP contribution < -0.4 is 0 Å². The number of benzene rings is 1. The highest BCUT2D eigenvalue weighted by molar-refractivity contribution is 9.10. The van der Waals surface area contributed by atoms with Crippen molar-refractivity contribution in [3.63, 3.8) is 0 Å². The number of aromatic nitrogens is 3. The van der Waals surface area contributed by atoms with Crippen LogP contribution in [0.3, 0.4) is 0 Å². The summed E-state index contributed by atoms with van der Waals surface area (Å²) in [6.45, 7) is 4.21. The van der Waals surface area contributed by atoms with E-state index in [0.717, 1.165) is 16.7 Å². The molecule has 2 aromatic rings. The Morgan fingerprint density at radius 2 is 2.24 bits per heavy atom. The first-order valence-electron chi connectivity index (χ1n) is 5.48. The second-order valence-electron chi connectivity index (χ2n) is 4.22. The number of H-pyrrole nitrogens is 1. The Balaban J connectivity index is 2.34. The van der Waals surface area contributed by atoms with E-state index in [4.69, 9.17) is 12.2 Å². The van der Waals surface area contributed by atoms with Gasteiger partial charge in [0, 0.05) is 16.9 Å². The number of aromatic amines is 1. The molecule has 5 heteroatoms. The summed E-state index contributed by atoms with van der Waals surface area (Å²) in [4.78, 5) is 0. The molecule has 0 saturated carbocycles. The number of rotatable bonds is 3. The van der Waals surface area contributed by atoms with Crippen molar-refractivity contribution in [1.82, 2.24) is 14.8 Å². The predicted molar refractivity (Wildman–Crippen MR) is 74.7 cm³/mol. The van der Waals surface area contributed by atoms with Crippen LogP contribution >= 0.6 is 28.1 Å². The molecule has 0 unspecified atom stereocenters. The summed E-state index contributed by atoms with van der Waals surface area (Å²) in [5.74, 6) is 0.975. The highest BCUT2D eigenvalue weighted by Gasteiger charge is 2.09. The fraction of sp³-hybridized carbons (Fsp3) is 0.333. The van der Waals surface area contributed by atoms with E-state index >= 15 is 0 Å². The molecule has 90 valence electrons. The Morgan fingerprint density at radius 3 is 2.88 bits per heavy atom.